The van der Waals surface area contributed by atoms with E-state index in [4.69, 9.17) is 21.3 Å². The van der Waals surface area contributed by atoms with Gasteiger partial charge in [-0.2, -0.15) is 10.4 Å². The number of ether oxygens (including phenoxy) is 1. The van der Waals surface area contributed by atoms with Crippen molar-refractivity contribution in [1.29, 1.82) is 5.26 Å². The van der Waals surface area contributed by atoms with Crippen LogP contribution in [0, 0.1) is 18.3 Å². The molecule has 6 rings (SSSR count). The third-order valence-electron chi connectivity index (χ3n) is 6.84. The predicted octanol–water partition coefficient (Wildman–Crippen LogP) is 4.76. The minimum Gasteiger partial charge on any atom is -0.373 e. The molecule has 0 spiro atoms. The summed E-state index contributed by atoms with van der Waals surface area (Å²) in [5, 5.41) is 13.8. The van der Waals surface area contributed by atoms with Gasteiger partial charge in [-0.15, -0.1) is 0 Å². The second kappa shape index (κ2) is 8.59. The Kier molecular flexibility index (Phi) is 5.39. The molecule has 2 aliphatic rings. The van der Waals surface area contributed by atoms with Crippen molar-refractivity contribution >= 4 is 17.2 Å². The largest absolute Gasteiger partial charge is 0.373 e. The summed E-state index contributed by atoms with van der Waals surface area (Å²) in [5.41, 5.74) is 4.38. The molecule has 9 heteroatoms. The number of aryl methyl sites for hydroxylation is 1. The summed E-state index contributed by atoms with van der Waals surface area (Å²) in [6, 6.07) is 9.80. The Bertz CT molecular complexity index is 1530. The van der Waals surface area contributed by atoms with Gasteiger partial charge < -0.3 is 4.74 Å². The molecule has 1 aliphatic heterocycles. The molecule has 0 amide bonds. The van der Waals surface area contributed by atoms with E-state index >= 15 is 0 Å². The third kappa shape index (κ3) is 4.01. The van der Waals surface area contributed by atoms with Crippen LogP contribution in [0.5, 0.6) is 0 Å². The van der Waals surface area contributed by atoms with Crippen LogP contribution in [0.15, 0.2) is 47.7 Å². The van der Waals surface area contributed by atoms with E-state index in [0.29, 0.717) is 35.2 Å². The van der Waals surface area contributed by atoms with Crippen LogP contribution in [-0.4, -0.2) is 30.8 Å². The first-order valence-electron chi connectivity index (χ1n) is 11.8. The summed E-state index contributed by atoms with van der Waals surface area (Å²) >= 11 is 6.29. The lowest BCUT2D eigenvalue weighted by Crippen LogP contribution is -2.23. The molecule has 0 bridgehead atoms. The van der Waals surface area contributed by atoms with Gasteiger partial charge in [-0.1, -0.05) is 23.7 Å². The molecule has 0 N–H and O–H groups in total. The quantitative estimate of drug-likeness (QED) is 0.412. The Labute approximate surface area is 206 Å². The summed E-state index contributed by atoms with van der Waals surface area (Å²) in [7, 11) is 0. The fraction of sp³-hybridized carbons (Fsp3) is 0.346. The highest BCUT2D eigenvalue weighted by Crippen LogP contribution is 2.39. The molecule has 0 unspecified atom stereocenters. The second-order valence-corrected chi connectivity index (χ2v) is 9.66. The van der Waals surface area contributed by atoms with Crippen LogP contribution >= 0.6 is 11.6 Å². The zero-order chi connectivity index (χ0) is 24.1. The van der Waals surface area contributed by atoms with Gasteiger partial charge >= 0.3 is 0 Å². The fourth-order valence-corrected chi connectivity index (χ4v) is 4.83. The molecule has 1 saturated carbocycles. The first-order chi connectivity index (χ1) is 17.0. The summed E-state index contributed by atoms with van der Waals surface area (Å²) in [6.45, 7) is 2.31. The maximum absolute atomic E-state index is 13.1. The van der Waals surface area contributed by atoms with E-state index in [1.165, 1.54) is 17.2 Å². The second-order valence-electron chi connectivity index (χ2n) is 9.28. The van der Waals surface area contributed by atoms with Crippen molar-refractivity contribution in [3.05, 3.63) is 80.7 Å². The molecule has 2 atom stereocenters. The number of benzene rings is 1. The van der Waals surface area contributed by atoms with Crippen LogP contribution in [0.1, 0.15) is 66.3 Å². The molecule has 176 valence electrons. The maximum atomic E-state index is 13.1. The zero-order valence-electron chi connectivity index (χ0n) is 19.2. The Morgan fingerprint density at radius 2 is 1.94 bits per heavy atom. The molecule has 1 saturated heterocycles. The standard InChI is InChI=1S/C26H23ClN6O2/c1-15-23(27)26(34)32-14-21(31-24(25(32)30-15)17-4-2-16(11-28)3-5-17)18-8-9-35-22(10-18)19-12-29-33(13-19)20-6-7-20/h2-5,12-14,18,20,22H,6-10H2,1H3/t18-,22-/m1/s1. The van der Waals surface area contributed by atoms with E-state index in [-0.39, 0.29) is 22.6 Å². The number of hydrogen-bond donors (Lipinski definition) is 0. The molecule has 1 aromatic carbocycles. The highest BCUT2D eigenvalue weighted by molar-refractivity contribution is 6.31. The van der Waals surface area contributed by atoms with Crippen molar-refractivity contribution in [3.8, 4) is 17.3 Å². The van der Waals surface area contributed by atoms with Crippen LogP contribution in [-0.2, 0) is 4.74 Å². The lowest BCUT2D eigenvalue weighted by atomic mass is 9.90. The SMILES string of the molecule is Cc1nc2c(-c3ccc(C#N)cc3)nc([C@@H]3CCO[C@@H](c4cnn(C5CC5)c4)C3)cn2c(=O)c1Cl. The molecule has 2 fully saturated rings. The van der Waals surface area contributed by atoms with Crippen molar-refractivity contribution in [1.82, 2.24) is 24.1 Å². The molecule has 4 heterocycles. The average molecular weight is 487 g/mol. The van der Waals surface area contributed by atoms with E-state index < -0.39 is 0 Å². The van der Waals surface area contributed by atoms with Crippen LogP contribution in [0.25, 0.3) is 16.9 Å². The fourth-order valence-electron chi connectivity index (χ4n) is 4.69. The van der Waals surface area contributed by atoms with Crippen LogP contribution < -0.4 is 5.56 Å². The van der Waals surface area contributed by atoms with Gasteiger partial charge in [0.1, 0.15) is 10.7 Å². The Balaban J connectivity index is 1.43. The van der Waals surface area contributed by atoms with Gasteiger partial charge in [0, 0.05) is 36.0 Å². The van der Waals surface area contributed by atoms with Gasteiger partial charge in [-0.3, -0.25) is 13.9 Å². The van der Waals surface area contributed by atoms with E-state index in [2.05, 4.69) is 22.3 Å². The molecule has 3 aromatic heterocycles. The monoisotopic (exact) mass is 486 g/mol. The Hall–Kier alpha value is -3.54. The number of hydrogen-bond acceptors (Lipinski definition) is 6. The van der Waals surface area contributed by atoms with Gasteiger partial charge in [-0.05, 0) is 44.7 Å². The van der Waals surface area contributed by atoms with Crippen LogP contribution in [0.4, 0.5) is 0 Å². The summed E-state index contributed by atoms with van der Waals surface area (Å²) in [4.78, 5) is 22.7. The molecule has 8 nitrogen and oxygen atoms in total. The lowest BCUT2D eigenvalue weighted by molar-refractivity contribution is 0.00454. The number of nitrogens with zero attached hydrogens (tertiary/aromatic N) is 6. The minimum absolute atomic E-state index is 0.0754. The van der Waals surface area contributed by atoms with Crippen molar-refractivity contribution in [2.45, 2.75) is 50.7 Å². The lowest BCUT2D eigenvalue weighted by Gasteiger charge is -2.29. The smallest absolute Gasteiger partial charge is 0.277 e. The van der Waals surface area contributed by atoms with Crippen LogP contribution in [0.3, 0.4) is 0 Å². The van der Waals surface area contributed by atoms with E-state index in [1.54, 1.807) is 25.3 Å². The molecule has 1 aliphatic carbocycles. The van der Waals surface area contributed by atoms with Gasteiger partial charge in [0.15, 0.2) is 5.65 Å². The van der Waals surface area contributed by atoms with Crippen molar-refractivity contribution in [3.63, 3.8) is 0 Å². The summed E-state index contributed by atoms with van der Waals surface area (Å²) in [5.74, 6) is 0.0894. The van der Waals surface area contributed by atoms with Crippen LogP contribution in [0.2, 0.25) is 5.02 Å². The number of halogens is 1. The van der Waals surface area contributed by atoms with E-state index in [9.17, 15) is 10.1 Å². The van der Waals surface area contributed by atoms with Gasteiger partial charge in [-0.25, -0.2) is 9.97 Å². The highest BCUT2D eigenvalue weighted by atomic mass is 35.5. The maximum Gasteiger partial charge on any atom is 0.277 e. The summed E-state index contributed by atoms with van der Waals surface area (Å²) < 4.78 is 9.64. The zero-order valence-corrected chi connectivity index (χ0v) is 19.9. The van der Waals surface area contributed by atoms with Gasteiger partial charge in [0.05, 0.1) is 41.4 Å². The predicted molar refractivity (Wildman–Crippen MR) is 130 cm³/mol. The Morgan fingerprint density at radius 1 is 1.14 bits per heavy atom. The first-order valence-corrected chi connectivity index (χ1v) is 12.1. The Morgan fingerprint density at radius 3 is 2.69 bits per heavy atom. The topological polar surface area (TPSA) is 98.1 Å². The highest BCUT2D eigenvalue weighted by Gasteiger charge is 2.30. The van der Waals surface area contributed by atoms with Gasteiger partial charge in [0.25, 0.3) is 5.56 Å². The van der Waals surface area contributed by atoms with Crippen molar-refractivity contribution in [2.24, 2.45) is 0 Å². The molecular formula is C26H23ClN6O2. The molecule has 35 heavy (non-hydrogen) atoms. The number of nitriles is 1. The first kappa shape index (κ1) is 22.0. The summed E-state index contributed by atoms with van der Waals surface area (Å²) in [6.07, 6.45) is 9.58. The molecule has 0 radical (unpaired) electrons. The average Bonchev–Trinajstić information content (AvgIpc) is 3.63. The van der Waals surface area contributed by atoms with E-state index in [1.807, 2.05) is 23.0 Å². The van der Waals surface area contributed by atoms with Crippen molar-refractivity contribution in [2.75, 3.05) is 6.61 Å². The normalized spacial score (nSPS) is 20.1. The number of fused-ring (bicyclic) bond motifs is 1. The minimum atomic E-state index is -0.318. The number of rotatable bonds is 4. The third-order valence-corrected chi connectivity index (χ3v) is 7.28. The molecule has 4 aromatic rings. The number of aromatic nitrogens is 5. The van der Waals surface area contributed by atoms with E-state index in [0.717, 1.165) is 29.7 Å². The molecular weight excluding hydrogens is 464 g/mol. The van der Waals surface area contributed by atoms with Crippen molar-refractivity contribution < 1.29 is 4.74 Å². The van der Waals surface area contributed by atoms with Gasteiger partial charge in [0.2, 0.25) is 0 Å².